The Kier molecular flexibility index (Phi) is 5.41. The summed E-state index contributed by atoms with van der Waals surface area (Å²) in [7, 11) is 0. The van der Waals surface area contributed by atoms with Crippen molar-refractivity contribution >= 4 is 11.6 Å². The van der Waals surface area contributed by atoms with Crippen molar-refractivity contribution in [3.05, 3.63) is 29.8 Å². The monoisotopic (exact) mass is 275 g/mol. The molecule has 4 nitrogen and oxygen atoms in total. The Morgan fingerprint density at radius 3 is 2.70 bits per heavy atom. The summed E-state index contributed by atoms with van der Waals surface area (Å²) in [6.45, 7) is 6.59. The van der Waals surface area contributed by atoms with Crippen LogP contribution in [-0.4, -0.2) is 32.1 Å². The van der Waals surface area contributed by atoms with E-state index >= 15 is 0 Å². The zero-order valence-electron chi connectivity index (χ0n) is 12.3. The molecule has 1 unspecified atom stereocenters. The molecule has 1 fully saturated rings. The van der Waals surface area contributed by atoms with Gasteiger partial charge in [0.05, 0.1) is 0 Å². The molecule has 20 heavy (non-hydrogen) atoms. The molecule has 1 saturated heterocycles. The minimum Gasteiger partial charge on any atom is -0.371 e. The van der Waals surface area contributed by atoms with Gasteiger partial charge in [-0.2, -0.15) is 0 Å². The molecule has 0 radical (unpaired) electrons. The molecule has 1 aromatic rings. The van der Waals surface area contributed by atoms with Gasteiger partial charge in [-0.25, -0.2) is 0 Å². The average molecular weight is 275 g/mol. The van der Waals surface area contributed by atoms with E-state index in [1.807, 2.05) is 24.3 Å². The molecule has 1 heterocycles. The normalized spacial score (nSPS) is 18.8. The quantitative estimate of drug-likeness (QED) is 0.835. The minimum atomic E-state index is -0.366. The van der Waals surface area contributed by atoms with E-state index in [4.69, 9.17) is 5.73 Å². The average Bonchev–Trinajstić information content (AvgIpc) is 2.48. The van der Waals surface area contributed by atoms with Gasteiger partial charge in [0.15, 0.2) is 0 Å². The van der Waals surface area contributed by atoms with Gasteiger partial charge in [-0.05, 0) is 62.5 Å². The van der Waals surface area contributed by atoms with Crippen molar-refractivity contribution in [2.45, 2.75) is 26.2 Å². The second-order valence-corrected chi connectivity index (χ2v) is 5.57. The van der Waals surface area contributed by atoms with Crippen LogP contribution in [0.4, 0.5) is 5.69 Å². The smallest absolute Gasteiger partial charge is 0.248 e. The Hall–Kier alpha value is -1.55. The van der Waals surface area contributed by atoms with E-state index in [-0.39, 0.29) is 5.91 Å². The molecule has 0 aliphatic carbocycles. The zero-order valence-corrected chi connectivity index (χ0v) is 12.3. The number of carbonyl (C=O) groups excluding carboxylic acids is 1. The van der Waals surface area contributed by atoms with Crippen LogP contribution in [-0.2, 0) is 0 Å². The van der Waals surface area contributed by atoms with Crippen molar-refractivity contribution in [3.63, 3.8) is 0 Å². The second kappa shape index (κ2) is 7.29. The number of benzene rings is 1. The molecular formula is C16H25N3O. The van der Waals surface area contributed by atoms with Crippen LogP contribution in [0.5, 0.6) is 0 Å². The molecule has 1 aliphatic heterocycles. The molecule has 4 heteroatoms. The Morgan fingerprint density at radius 1 is 1.40 bits per heavy atom. The van der Waals surface area contributed by atoms with Crippen LogP contribution < -0.4 is 16.0 Å². The summed E-state index contributed by atoms with van der Waals surface area (Å²) in [5, 5.41) is 3.47. The number of anilines is 1. The third kappa shape index (κ3) is 3.97. The number of nitrogens with two attached hydrogens (primary N) is 1. The summed E-state index contributed by atoms with van der Waals surface area (Å²) in [5.41, 5.74) is 7.04. The Bertz CT molecular complexity index is 424. The molecule has 1 amide bonds. The van der Waals surface area contributed by atoms with Gasteiger partial charge >= 0.3 is 0 Å². The van der Waals surface area contributed by atoms with Gasteiger partial charge in [-0.15, -0.1) is 0 Å². The minimum absolute atomic E-state index is 0.366. The molecule has 2 rings (SSSR count). The Balaban J connectivity index is 2.04. The zero-order chi connectivity index (χ0) is 14.4. The highest BCUT2D eigenvalue weighted by Crippen LogP contribution is 2.20. The summed E-state index contributed by atoms with van der Waals surface area (Å²) < 4.78 is 0. The number of piperidine rings is 1. The van der Waals surface area contributed by atoms with Gasteiger partial charge in [0, 0.05) is 24.3 Å². The van der Waals surface area contributed by atoms with Crippen molar-refractivity contribution in [2.75, 3.05) is 31.1 Å². The van der Waals surface area contributed by atoms with Gasteiger partial charge in [0.2, 0.25) is 5.91 Å². The summed E-state index contributed by atoms with van der Waals surface area (Å²) in [6, 6.07) is 7.65. The molecule has 1 aliphatic rings. The van der Waals surface area contributed by atoms with Crippen LogP contribution in [0.3, 0.4) is 0 Å². The summed E-state index contributed by atoms with van der Waals surface area (Å²) >= 11 is 0. The topological polar surface area (TPSA) is 58.4 Å². The number of hydrogen-bond acceptors (Lipinski definition) is 3. The van der Waals surface area contributed by atoms with Crippen LogP contribution >= 0.6 is 0 Å². The predicted octanol–water partition coefficient (Wildman–Crippen LogP) is 2.00. The molecule has 1 aromatic carbocycles. The van der Waals surface area contributed by atoms with Crippen LogP contribution in [0.1, 0.15) is 36.5 Å². The fourth-order valence-corrected chi connectivity index (χ4v) is 2.82. The van der Waals surface area contributed by atoms with E-state index < -0.39 is 0 Å². The maximum Gasteiger partial charge on any atom is 0.248 e. The molecule has 0 aromatic heterocycles. The van der Waals surface area contributed by atoms with E-state index in [1.54, 1.807) is 0 Å². The van der Waals surface area contributed by atoms with E-state index in [9.17, 15) is 4.79 Å². The SMILES string of the molecule is CCCN(CC1CCCNC1)c1ccc(C(N)=O)cc1. The Labute approximate surface area is 121 Å². The third-order valence-electron chi connectivity index (χ3n) is 3.89. The number of nitrogens with zero attached hydrogens (tertiary/aromatic N) is 1. The van der Waals surface area contributed by atoms with Crippen molar-refractivity contribution < 1.29 is 4.79 Å². The van der Waals surface area contributed by atoms with E-state index in [1.165, 1.54) is 18.5 Å². The first-order chi connectivity index (χ1) is 9.70. The van der Waals surface area contributed by atoms with Crippen LogP contribution in [0.15, 0.2) is 24.3 Å². The predicted molar refractivity (Wildman–Crippen MR) is 83.1 cm³/mol. The van der Waals surface area contributed by atoms with Gasteiger partial charge in [0.1, 0.15) is 0 Å². The lowest BCUT2D eigenvalue weighted by Gasteiger charge is -2.31. The standard InChI is InChI=1S/C16H25N3O/c1-2-10-19(12-13-4-3-9-18-11-13)15-7-5-14(6-8-15)16(17)20/h5-8,13,18H,2-4,9-12H2,1H3,(H2,17,20). The fraction of sp³-hybridized carbons (Fsp3) is 0.562. The third-order valence-corrected chi connectivity index (χ3v) is 3.89. The van der Waals surface area contributed by atoms with Gasteiger partial charge in [0.25, 0.3) is 0 Å². The maximum absolute atomic E-state index is 11.1. The lowest BCUT2D eigenvalue weighted by Crippen LogP contribution is -2.38. The molecule has 0 saturated carbocycles. The number of carbonyl (C=O) groups is 1. The number of rotatable bonds is 6. The van der Waals surface area contributed by atoms with E-state index in [0.29, 0.717) is 11.5 Å². The Morgan fingerprint density at radius 2 is 2.15 bits per heavy atom. The molecular weight excluding hydrogens is 250 g/mol. The number of hydrogen-bond donors (Lipinski definition) is 2. The van der Waals surface area contributed by atoms with E-state index in [0.717, 1.165) is 32.6 Å². The second-order valence-electron chi connectivity index (χ2n) is 5.57. The largest absolute Gasteiger partial charge is 0.371 e. The number of nitrogens with one attached hydrogen (secondary N) is 1. The highest BCUT2D eigenvalue weighted by Gasteiger charge is 2.17. The first-order valence-corrected chi connectivity index (χ1v) is 7.56. The highest BCUT2D eigenvalue weighted by atomic mass is 16.1. The first kappa shape index (κ1) is 14.9. The molecule has 0 bridgehead atoms. The number of amides is 1. The summed E-state index contributed by atoms with van der Waals surface area (Å²) in [4.78, 5) is 13.5. The summed E-state index contributed by atoms with van der Waals surface area (Å²) in [6.07, 6.45) is 3.69. The lowest BCUT2D eigenvalue weighted by molar-refractivity contribution is 0.100. The summed E-state index contributed by atoms with van der Waals surface area (Å²) in [5.74, 6) is 0.348. The molecule has 0 spiro atoms. The van der Waals surface area contributed by atoms with Crippen molar-refractivity contribution in [1.82, 2.24) is 5.32 Å². The van der Waals surface area contributed by atoms with Gasteiger partial charge < -0.3 is 16.0 Å². The number of primary amides is 1. The first-order valence-electron chi connectivity index (χ1n) is 7.56. The van der Waals surface area contributed by atoms with Crippen LogP contribution in [0.2, 0.25) is 0 Å². The fourth-order valence-electron chi connectivity index (χ4n) is 2.82. The lowest BCUT2D eigenvalue weighted by atomic mass is 9.98. The van der Waals surface area contributed by atoms with Crippen molar-refractivity contribution in [3.8, 4) is 0 Å². The van der Waals surface area contributed by atoms with Crippen LogP contribution in [0.25, 0.3) is 0 Å². The van der Waals surface area contributed by atoms with Crippen molar-refractivity contribution in [1.29, 1.82) is 0 Å². The molecule has 3 N–H and O–H groups in total. The van der Waals surface area contributed by atoms with E-state index in [2.05, 4.69) is 17.1 Å². The van der Waals surface area contributed by atoms with Gasteiger partial charge in [-0.3, -0.25) is 4.79 Å². The highest BCUT2D eigenvalue weighted by molar-refractivity contribution is 5.93. The van der Waals surface area contributed by atoms with Crippen LogP contribution in [0, 0.1) is 5.92 Å². The van der Waals surface area contributed by atoms with Crippen molar-refractivity contribution in [2.24, 2.45) is 11.7 Å². The van der Waals surface area contributed by atoms with Gasteiger partial charge in [-0.1, -0.05) is 6.92 Å². The maximum atomic E-state index is 11.1. The molecule has 110 valence electrons. The molecule has 1 atom stereocenters.